The van der Waals surface area contributed by atoms with Crippen LogP contribution in [0.5, 0.6) is 0 Å². The number of urea groups is 1. The van der Waals surface area contributed by atoms with Crippen LogP contribution >= 0.6 is 0 Å². The maximum absolute atomic E-state index is 11.4. The van der Waals surface area contributed by atoms with Crippen LogP contribution in [-0.4, -0.2) is 62.3 Å². The van der Waals surface area contributed by atoms with Crippen LogP contribution in [0.3, 0.4) is 0 Å². The van der Waals surface area contributed by atoms with E-state index in [0.29, 0.717) is 13.2 Å². The van der Waals surface area contributed by atoms with Gasteiger partial charge in [0.2, 0.25) is 5.91 Å². The number of methoxy groups -OCH3 is 1. The molecule has 96 valence electrons. The summed E-state index contributed by atoms with van der Waals surface area (Å²) >= 11 is 0. The van der Waals surface area contributed by atoms with Crippen LogP contribution in [0.4, 0.5) is 4.79 Å². The van der Waals surface area contributed by atoms with Gasteiger partial charge in [-0.3, -0.25) is 19.8 Å². The molecule has 0 aromatic carbocycles. The van der Waals surface area contributed by atoms with Crippen LogP contribution in [0, 0.1) is 0 Å². The molecule has 0 saturated carbocycles. The molecule has 8 nitrogen and oxygen atoms in total. The predicted molar refractivity (Wildman–Crippen MR) is 55.9 cm³/mol. The molecule has 0 aromatic heterocycles. The van der Waals surface area contributed by atoms with Gasteiger partial charge in [-0.1, -0.05) is 0 Å². The molecule has 1 unspecified atom stereocenters. The van der Waals surface area contributed by atoms with Gasteiger partial charge in [0.15, 0.2) is 0 Å². The minimum Gasteiger partial charge on any atom is -0.468 e. The van der Waals surface area contributed by atoms with Gasteiger partial charge in [0.1, 0.15) is 6.04 Å². The average molecular weight is 245 g/mol. The summed E-state index contributed by atoms with van der Waals surface area (Å²) in [5, 5.41) is 1.93. The van der Waals surface area contributed by atoms with Crippen molar-refractivity contribution in [2.45, 2.75) is 6.04 Å². The van der Waals surface area contributed by atoms with Crippen molar-refractivity contribution in [1.82, 2.24) is 10.2 Å². The Bertz CT molecular complexity index is 320. The maximum Gasteiger partial charge on any atom is 0.325 e. The first-order chi connectivity index (χ1) is 8.04. The lowest BCUT2D eigenvalue weighted by Crippen LogP contribution is -2.54. The molecular formula is C9H15N3O5. The predicted octanol–water partition coefficient (Wildman–Crippen LogP) is -1.94. The summed E-state index contributed by atoms with van der Waals surface area (Å²) in [7, 11) is 1.26. The fourth-order valence-electron chi connectivity index (χ4n) is 1.54. The smallest absolute Gasteiger partial charge is 0.325 e. The molecular weight excluding hydrogens is 230 g/mol. The number of nitrogens with two attached hydrogens (primary N) is 1. The second kappa shape index (κ2) is 6.16. The SMILES string of the molecule is COC(=O)C1COCCN1CC(=O)NC(N)=O. The molecule has 1 saturated heterocycles. The summed E-state index contributed by atoms with van der Waals surface area (Å²) in [6.07, 6.45) is 0. The molecule has 1 heterocycles. The van der Waals surface area contributed by atoms with Gasteiger partial charge >= 0.3 is 12.0 Å². The normalized spacial score (nSPS) is 20.6. The third kappa shape index (κ3) is 4.00. The third-order valence-corrected chi connectivity index (χ3v) is 2.32. The first-order valence-electron chi connectivity index (χ1n) is 5.03. The Morgan fingerprint density at radius 2 is 2.24 bits per heavy atom. The monoisotopic (exact) mass is 245 g/mol. The van der Waals surface area contributed by atoms with Crippen LogP contribution in [0.25, 0.3) is 0 Å². The van der Waals surface area contributed by atoms with Crippen LogP contribution in [0.2, 0.25) is 0 Å². The van der Waals surface area contributed by atoms with Crippen molar-refractivity contribution in [2.75, 3.05) is 33.4 Å². The van der Waals surface area contributed by atoms with Gasteiger partial charge in [0.05, 0.1) is 26.9 Å². The number of amides is 3. The Kier molecular flexibility index (Phi) is 4.85. The lowest BCUT2D eigenvalue weighted by Gasteiger charge is -2.32. The summed E-state index contributed by atoms with van der Waals surface area (Å²) in [4.78, 5) is 34.8. The number of nitrogens with one attached hydrogen (secondary N) is 1. The number of hydrogen-bond acceptors (Lipinski definition) is 6. The van der Waals surface area contributed by atoms with E-state index in [9.17, 15) is 14.4 Å². The standard InChI is InChI=1S/C9H15N3O5/c1-16-8(14)6-5-17-3-2-12(6)4-7(13)11-9(10)15/h6H,2-5H2,1H3,(H3,10,11,13,15). The zero-order valence-corrected chi connectivity index (χ0v) is 9.47. The van der Waals surface area contributed by atoms with E-state index in [1.54, 1.807) is 4.90 Å². The Balaban J connectivity index is 2.56. The fraction of sp³-hybridized carbons (Fsp3) is 0.667. The number of primary amides is 1. The topological polar surface area (TPSA) is 111 Å². The van der Waals surface area contributed by atoms with Gasteiger partial charge in [-0.15, -0.1) is 0 Å². The zero-order chi connectivity index (χ0) is 12.8. The van der Waals surface area contributed by atoms with Crippen LogP contribution in [0.1, 0.15) is 0 Å². The first-order valence-corrected chi connectivity index (χ1v) is 5.03. The number of hydrogen-bond donors (Lipinski definition) is 2. The van der Waals surface area contributed by atoms with Crippen LogP contribution in [-0.2, 0) is 19.1 Å². The zero-order valence-electron chi connectivity index (χ0n) is 9.47. The number of carbonyl (C=O) groups is 3. The molecule has 3 amide bonds. The maximum atomic E-state index is 11.4. The van der Waals surface area contributed by atoms with Gasteiger partial charge in [0, 0.05) is 6.54 Å². The molecule has 1 fully saturated rings. The number of carbonyl (C=O) groups excluding carboxylic acids is 3. The van der Waals surface area contributed by atoms with Crippen molar-refractivity contribution < 1.29 is 23.9 Å². The molecule has 8 heteroatoms. The highest BCUT2D eigenvalue weighted by molar-refractivity contribution is 5.94. The quantitative estimate of drug-likeness (QED) is 0.559. The number of morpholine rings is 1. The van der Waals surface area contributed by atoms with E-state index in [0.717, 1.165) is 0 Å². The Hall–Kier alpha value is -1.67. The minimum atomic E-state index is -0.919. The molecule has 3 N–H and O–H groups in total. The van der Waals surface area contributed by atoms with Gasteiger partial charge in [-0.05, 0) is 0 Å². The van der Waals surface area contributed by atoms with Gasteiger partial charge in [-0.25, -0.2) is 4.79 Å². The Morgan fingerprint density at radius 1 is 1.53 bits per heavy atom. The molecule has 0 bridgehead atoms. The molecule has 1 atom stereocenters. The number of imide groups is 1. The number of ether oxygens (including phenoxy) is 2. The van der Waals surface area contributed by atoms with E-state index in [-0.39, 0.29) is 13.2 Å². The van der Waals surface area contributed by atoms with Crippen LogP contribution < -0.4 is 11.1 Å². The molecule has 17 heavy (non-hydrogen) atoms. The average Bonchev–Trinajstić information content (AvgIpc) is 2.27. The van der Waals surface area contributed by atoms with Crippen molar-refractivity contribution in [1.29, 1.82) is 0 Å². The Morgan fingerprint density at radius 3 is 2.82 bits per heavy atom. The molecule has 0 spiro atoms. The summed E-state index contributed by atoms with van der Waals surface area (Å²) < 4.78 is 9.73. The summed E-state index contributed by atoms with van der Waals surface area (Å²) in [6, 6.07) is -1.55. The van der Waals surface area contributed by atoms with Gasteiger partial charge < -0.3 is 15.2 Å². The third-order valence-electron chi connectivity index (χ3n) is 2.32. The van der Waals surface area contributed by atoms with Crippen molar-refractivity contribution in [2.24, 2.45) is 5.73 Å². The molecule has 1 rings (SSSR count). The molecule has 0 radical (unpaired) electrons. The van der Waals surface area contributed by atoms with E-state index in [4.69, 9.17) is 10.5 Å². The van der Waals surface area contributed by atoms with Gasteiger partial charge in [0.25, 0.3) is 0 Å². The van der Waals surface area contributed by atoms with Crippen molar-refractivity contribution in [3.63, 3.8) is 0 Å². The van der Waals surface area contributed by atoms with E-state index < -0.39 is 23.9 Å². The highest BCUT2D eigenvalue weighted by Gasteiger charge is 2.31. The minimum absolute atomic E-state index is 0.105. The number of nitrogens with zero attached hydrogens (tertiary/aromatic N) is 1. The summed E-state index contributed by atoms with van der Waals surface area (Å²) in [6.45, 7) is 0.881. The van der Waals surface area contributed by atoms with E-state index in [1.807, 2.05) is 5.32 Å². The first kappa shape index (κ1) is 13.4. The second-order valence-electron chi connectivity index (χ2n) is 3.50. The van der Waals surface area contributed by atoms with Gasteiger partial charge in [-0.2, -0.15) is 0 Å². The lowest BCUT2D eigenvalue weighted by atomic mass is 10.2. The highest BCUT2D eigenvalue weighted by Crippen LogP contribution is 2.07. The summed E-state index contributed by atoms with van der Waals surface area (Å²) in [5.74, 6) is -1.04. The van der Waals surface area contributed by atoms with Crippen molar-refractivity contribution in [3.05, 3.63) is 0 Å². The van der Waals surface area contributed by atoms with E-state index in [1.165, 1.54) is 7.11 Å². The van der Waals surface area contributed by atoms with Crippen molar-refractivity contribution in [3.8, 4) is 0 Å². The molecule has 0 aromatic rings. The number of rotatable bonds is 3. The van der Waals surface area contributed by atoms with E-state index >= 15 is 0 Å². The largest absolute Gasteiger partial charge is 0.468 e. The molecule has 1 aliphatic heterocycles. The molecule has 1 aliphatic rings. The second-order valence-corrected chi connectivity index (χ2v) is 3.50. The lowest BCUT2D eigenvalue weighted by molar-refractivity contribution is -0.153. The van der Waals surface area contributed by atoms with E-state index in [2.05, 4.69) is 4.74 Å². The fourth-order valence-corrected chi connectivity index (χ4v) is 1.54. The summed E-state index contributed by atoms with van der Waals surface area (Å²) in [5.41, 5.74) is 4.81. The van der Waals surface area contributed by atoms with Crippen LogP contribution in [0.15, 0.2) is 0 Å². The van der Waals surface area contributed by atoms with Crippen molar-refractivity contribution >= 4 is 17.9 Å². The number of esters is 1. The Labute approximate surface area is 98.0 Å². The molecule has 0 aliphatic carbocycles. The highest BCUT2D eigenvalue weighted by atomic mass is 16.5.